The fraction of sp³-hybridized carbons (Fsp3) is 0.421. The highest BCUT2D eigenvalue weighted by atomic mass is 16.5. The Bertz CT molecular complexity index is 705. The van der Waals surface area contributed by atoms with Crippen molar-refractivity contribution in [3.8, 4) is 5.88 Å². The molecule has 1 aliphatic rings. The Balaban J connectivity index is 1.73. The number of aromatic nitrogens is 2. The van der Waals surface area contributed by atoms with Crippen LogP contribution >= 0.6 is 0 Å². The summed E-state index contributed by atoms with van der Waals surface area (Å²) < 4.78 is 11.0. The second-order valence-electron chi connectivity index (χ2n) is 5.96. The summed E-state index contributed by atoms with van der Waals surface area (Å²) in [6, 6.07) is 7.14. The van der Waals surface area contributed by atoms with Crippen LogP contribution in [0.2, 0.25) is 0 Å². The van der Waals surface area contributed by atoms with Crippen molar-refractivity contribution in [2.24, 2.45) is 0 Å². The average Bonchev–Trinajstić information content (AvgIpc) is 2.69. The Kier molecular flexibility index (Phi) is 6.51. The van der Waals surface area contributed by atoms with E-state index in [1.54, 1.807) is 18.6 Å². The number of ether oxygens (including phenoxy) is 2. The molecule has 1 aliphatic heterocycles. The highest BCUT2D eigenvalue weighted by molar-refractivity contribution is 5.83. The Morgan fingerprint density at radius 2 is 2.12 bits per heavy atom. The van der Waals surface area contributed by atoms with Crippen molar-refractivity contribution in [1.29, 1.82) is 0 Å². The number of morpholine rings is 1. The minimum Gasteiger partial charge on any atom is -0.478 e. The van der Waals surface area contributed by atoms with Crippen LogP contribution in [0.4, 0.5) is 0 Å². The first-order valence-corrected chi connectivity index (χ1v) is 8.85. The summed E-state index contributed by atoms with van der Waals surface area (Å²) in [5.41, 5.74) is 1.73. The summed E-state index contributed by atoms with van der Waals surface area (Å²) in [6.07, 6.45) is 5.14. The fourth-order valence-electron chi connectivity index (χ4n) is 3.01. The average molecular weight is 356 g/mol. The van der Waals surface area contributed by atoms with Crippen LogP contribution in [0.25, 0.3) is 0 Å². The molecular weight excluding hydrogens is 332 g/mol. The van der Waals surface area contributed by atoms with Crippen LogP contribution in [0, 0.1) is 0 Å². The molecule has 0 aliphatic carbocycles. The molecule has 0 radical (unpaired) electrons. The van der Waals surface area contributed by atoms with Gasteiger partial charge in [-0.05, 0) is 24.6 Å². The number of carbonyl (C=O) groups excluding carboxylic acids is 1. The van der Waals surface area contributed by atoms with Gasteiger partial charge in [0.15, 0.2) is 0 Å². The lowest BCUT2D eigenvalue weighted by atomic mass is 10.1. The van der Waals surface area contributed by atoms with Crippen molar-refractivity contribution in [1.82, 2.24) is 20.2 Å². The molecule has 1 amide bonds. The number of carbonyl (C=O) groups is 1. The minimum atomic E-state index is -0.389. The third-order valence-electron chi connectivity index (χ3n) is 4.24. The molecule has 1 saturated heterocycles. The van der Waals surface area contributed by atoms with Gasteiger partial charge in [0.1, 0.15) is 6.04 Å². The van der Waals surface area contributed by atoms with Gasteiger partial charge in [-0.15, -0.1) is 0 Å². The van der Waals surface area contributed by atoms with Crippen LogP contribution in [0.5, 0.6) is 5.88 Å². The van der Waals surface area contributed by atoms with E-state index < -0.39 is 0 Å². The van der Waals surface area contributed by atoms with Crippen molar-refractivity contribution in [3.05, 3.63) is 54.0 Å². The largest absolute Gasteiger partial charge is 0.478 e. The Labute approximate surface area is 153 Å². The van der Waals surface area contributed by atoms with E-state index in [0.717, 1.165) is 11.1 Å². The molecule has 7 heteroatoms. The normalized spacial score (nSPS) is 16.0. The molecule has 3 heterocycles. The zero-order valence-electron chi connectivity index (χ0n) is 14.9. The van der Waals surface area contributed by atoms with Gasteiger partial charge in [-0.2, -0.15) is 0 Å². The first-order chi connectivity index (χ1) is 12.8. The number of rotatable bonds is 7. The lowest BCUT2D eigenvalue weighted by molar-refractivity contribution is -0.128. The summed E-state index contributed by atoms with van der Waals surface area (Å²) in [7, 11) is 0. The first-order valence-electron chi connectivity index (χ1n) is 8.85. The van der Waals surface area contributed by atoms with E-state index in [1.807, 2.05) is 31.2 Å². The van der Waals surface area contributed by atoms with E-state index in [2.05, 4.69) is 20.2 Å². The van der Waals surface area contributed by atoms with E-state index in [9.17, 15) is 4.79 Å². The quantitative estimate of drug-likeness (QED) is 0.811. The van der Waals surface area contributed by atoms with Crippen LogP contribution in [0.1, 0.15) is 24.1 Å². The van der Waals surface area contributed by atoms with Gasteiger partial charge in [0.05, 0.1) is 19.8 Å². The minimum absolute atomic E-state index is 0.0637. The third-order valence-corrected chi connectivity index (χ3v) is 4.24. The second-order valence-corrected chi connectivity index (χ2v) is 5.96. The molecule has 2 aromatic rings. The van der Waals surface area contributed by atoms with Crippen molar-refractivity contribution < 1.29 is 14.3 Å². The van der Waals surface area contributed by atoms with E-state index in [4.69, 9.17) is 9.47 Å². The predicted molar refractivity (Wildman–Crippen MR) is 96.6 cm³/mol. The van der Waals surface area contributed by atoms with Crippen LogP contribution in [-0.4, -0.2) is 53.7 Å². The molecule has 7 nitrogen and oxygen atoms in total. The van der Waals surface area contributed by atoms with Crippen molar-refractivity contribution in [2.75, 3.05) is 32.9 Å². The molecule has 0 saturated carbocycles. The maximum absolute atomic E-state index is 13.0. The van der Waals surface area contributed by atoms with Crippen molar-refractivity contribution in [3.63, 3.8) is 0 Å². The Morgan fingerprint density at radius 3 is 2.85 bits per heavy atom. The van der Waals surface area contributed by atoms with E-state index in [0.29, 0.717) is 45.3 Å². The number of hydrogen-bond acceptors (Lipinski definition) is 6. The van der Waals surface area contributed by atoms with Gasteiger partial charge in [-0.25, -0.2) is 4.98 Å². The molecule has 0 spiro atoms. The van der Waals surface area contributed by atoms with Gasteiger partial charge in [0, 0.05) is 43.8 Å². The molecule has 0 aromatic carbocycles. The number of amides is 1. The first kappa shape index (κ1) is 18.3. The molecule has 1 N–H and O–H groups in total. The number of hydrogen-bond donors (Lipinski definition) is 1. The molecule has 1 atom stereocenters. The molecule has 2 aromatic heterocycles. The Morgan fingerprint density at radius 1 is 1.31 bits per heavy atom. The van der Waals surface area contributed by atoms with Crippen LogP contribution in [0.15, 0.2) is 42.9 Å². The third kappa shape index (κ3) is 4.56. The smallest absolute Gasteiger partial charge is 0.242 e. The molecule has 0 bridgehead atoms. The number of nitrogens with zero attached hydrogens (tertiary/aromatic N) is 3. The van der Waals surface area contributed by atoms with Gasteiger partial charge < -0.3 is 14.8 Å². The number of pyridine rings is 2. The molecule has 1 unspecified atom stereocenters. The van der Waals surface area contributed by atoms with Gasteiger partial charge in [-0.1, -0.05) is 12.1 Å². The van der Waals surface area contributed by atoms with Crippen molar-refractivity contribution in [2.45, 2.75) is 19.5 Å². The summed E-state index contributed by atoms with van der Waals surface area (Å²) in [4.78, 5) is 23.5. The lowest BCUT2D eigenvalue weighted by Gasteiger charge is -2.33. The molecule has 1 fully saturated rings. The molecular formula is C19H24N4O3. The van der Waals surface area contributed by atoms with E-state index in [-0.39, 0.29) is 11.9 Å². The monoisotopic (exact) mass is 356 g/mol. The van der Waals surface area contributed by atoms with E-state index >= 15 is 0 Å². The maximum Gasteiger partial charge on any atom is 0.242 e. The zero-order valence-corrected chi connectivity index (χ0v) is 14.9. The van der Waals surface area contributed by atoms with Crippen LogP contribution in [-0.2, 0) is 16.1 Å². The lowest BCUT2D eigenvalue weighted by Crippen LogP contribution is -2.45. The van der Waals surface area contributed by atoms with E-state index in [1.165, 1.54) is 0 Å². The summed E-state index contributed by atoms with van der Waals surface area (Å²) in [5, 5.41) is 3.02. The standard InChI is InChI=1S/C19H24N4O3/c1-2-26-19-16(6-4-8-21-19)14-22-18(24)17(15-5-3-7-20-13-15)23-9-11-25-12-10-23/h3-8,13,17H,2,9-12,14H2,1H3,(H,22,24). The van der Waals surface area contributed by atoms with Gasteiger partial charge in [0.2, 0.25) is 11.8 Å². The second kappa shape index (κ2) is 9.26. The SMILES string of the molecule is CCOc1ncccc1CNC(=O)C(c1cccnc1)N1CCOCC1. The molecule has 3 rings (SSSR count). The maximum atomic E-state index is 13.0. The predicted octanol–water partition coefficient (Wildman–Crippen LogP) is 1.56. The Hall–Kier alpha value is -2.51. The summed E-state index contributed by atoms with van der Waals surface area (Å²) >= 11 is 0. The number of nitrogens with one attached hydrogen (secondary N) is 1. The van der Waals surface area contributed by atoms with Gasteiger partial charge in [-0.3, -0.25) is 14.7 Å². The van der Waals surface area contributed by atoms with Crippen LogP contribution in [0.3, 0.4) is 0 Å². The summed E-state index contributed by atoms with van der Waals surface area (Å²) in [5.74, 6) is 0.491. The highest BCUT2D eigenvalue weighted by Crippen LogP contribution is 2.22. The zero-order chi connectivity index (χ0) is 18.2. The van der Waals surface area contributed by atoms with Crippen LogP contribution < -0.4 is 10.1 Å². The molecule has 138 valence electrons. The fourth-order valence-corrected chi connectivity index (χ4v) is 3.01. The molecule has 26 heavy (non-hydrogen) atoms. The van der Waals surface area contributed by atoms with Crippen molar-refractivity contribution >= 4 is 5.91 Å². The van der Waals surface area contributed by atoms with Gasteiger partial charge >= 0.3 is 0 Å². The summed E-state index contributed by atoms with van der Waals surface area (Å²) in [6.45, 7) is 5.48. The van der Waals surface area contributed by atoms with Gasteiger partial charge in [0.25, 0.3) is 0 Å². The topological polar surface area (TPSA) is 76.6 Å². The highest BCUT2D eigenvalue weighted by Gasteiger charge is 2.29.